The normalized spacial score (nSPS) is 23.2. The third-order valence-electron chi connectivity index (χ3n) is 3.69. The summed E-state index contributed by atoms with van der Waals surface area (Å²) in [6.45, 7) is 1.34. The molecule has 1 aromatic rings. The molecule has 1 aromatic heterocycles. The lowest BCUT2D eigenvalue weighted by molar-refractivity contribution is -0.125. The summed E-state index contributed by atoms with van der Waals surface area (Å²) in [5.41, 5.74) is 2.63. The first-order chi connectivity index (χ1) is 9.74. The molecule has 0 aliphatic carbocycles. The summed E-state index contributed by atoms with van der Waals surface area (Å²) in [4.78, 5) is 25.1. The Hall–Kier alpha value is -2.25. The van der Waals surface area contributed by atoms with Crippen molar-refractivity contribution >= 4 is 17.5 Å². The number of hydrogen-bond donors (Lipinski definition) is 1. The quantitative estimate of drug-likeness (QED) is 0.803. The van der Waals surface area contributed by atoms with Gasteiger partial charge in [-0.1, -0.05) is 5.21 Å². The number of carbonyl (C=O) groups excluding carboxylic acids is 2. The maximum absolute atomic E-state index is 12.3. The molecule has 1 fully saturated rings. The summed E-state index contributed by atoms with van der Waals surface area (Å²) in [5.74, 6) is -0.355. The van der Waals surface area contributed by atoms with Gasteiger partial charge in [-0.15, -0.1) is 5.10 Å². The van der Waals surface area contributed by atoms with Gasteiger partial charge in [0, 0.05) is 19.3 Å². The lowest BCUT2D eigenvalue weighted by Gasteiger charge is -2.20. The number of likely N-dealkylation sites (tertiary alicyclic amines) is 1. The molecular weight excluding hydrogens is 260 g/mol. The van der Waals surface area contributed by atoms with Crippen molar-refractivity contribution in [2.45, 2.75) is 31.7 Å². The minimum atomic E-state index is -0.219. The van der Waals surface area contributed by atoms with Gasteiger partial charge in [-0.05, 0) is 19.3 Å². The molecule has 2 aliphatic rings. The number of rotatable bonds is 2. The van der Waals surface area contributed by atoms with Crippen molar-refractivity contribution in [1.82, 2.24) is 25.3 Å². The van der Waals surface area contributed by atoms with Crippen molar-refractivity contribution < 1.29 is 9.59 Å². The molecule has 0 bridgehead atoms. The van der Waals surface area contributed by atoms with Crippen molar-refractivity contribution in [2.75, 3.05) is 13.1 Å². The Balaban J connectivity index is 1.62. The van der Waals surface area contributed by atoms with Gasteiger partial charge in [0.25, 0.3) is 5.91 Å². The van der Waals surface area contributed by atoms with Crippen molar-refractivity contribution in [2.24, 2.45) is 5.10 Å². The summed E-state index contributed by atoms with van der Waals surface area (Å²) in [7, 11) is 0. The van der Waals surface area contributed by atoms with Crippen LogP contribution < -0.4 is 5.43 Å². The molecule has 2 aliphatic heterocycles. The minimum Gasteiger partial charge on any atom is -0.337 e. The third kappa shape index (κ3) is 2.54. The molecule has 1 saturated heterocycles. The molecule has 2 amide bonds. The van der Waals surface area contributed by atoms with Gasteiger partial charge in [-0.3, -0.25) is 9.59 Å². The Morgan fingerprint density at radius 3 is 2.95 bits per heavy atom. The van der Waals surface area contributed by atoms with Crippen LogP contribution in [0.1, 0.15) is 31.7 Å². The van der Waals surface area contributed by atoms with Gasteiger partial charge >= 0.3 is 0 Å². The first kappa shape index (κ1) is 12.8. The Kier molecular flexibility index (Phi) is 3.44. The molecule has 20 heavy (non-hydrogen) atoms. The van der Waals surface area contributed by atoms with E-state index in [0.29, 0.717) is 18.8 Å². The highest BCUT2D eigenvalue weighted by Gasteiger charge is 2.28. The van der Waals surface area contributed by atoms with Crippen LogP contribution >= 0.6 is 0 Å². The first-order valence-electron chi connectivity index (χ1n) is 6.74. The number of aromatic nitrogens is 3. The van der Waals surface area contributed by atoms with Crippen molar-refractivity contribution in [1.29, 1.82) is 0 Å². The van der Waals surface area contributed by atoms with Gasteiger partial charge in [0.1, 0.15) is 5.71 Å². The van der Waals surface area contributed by atoms with Gasteiger partial charge in [-0.2, -0.15) is 5.10 Å². The van der Waals surface area contributed by atoms with Gasteiger partial charge < -0.3 is 4.90 Å². The molecule has 1 unspecified atom stereocenters. The largest absolute Gasteiger partial charge is 0.337 e. The molecule has 106 valence electrons. The van der Waals surface area contributed by atoms with E-state index < -0.39 is 0 Å². The average molecular weight is 276 g/mol. The lowest BCUT2D eigenvalue weighted by atomic mass is 10.1. The molecule has 8 heteroatoms. The molecule has 1 N–H and O–H groups in total. The second-order valence-corrected chi connectivity index (χ2v) is 5.03. The molecular formula is C12H16N6O2. The Labute approximate surface area is 115 Å². The Morgan fingerprint density at radius 1 is 1.35 bits per heavy atom. The van der Waals surface area contributed by atoms with E-state index in [1.165, 1.54) is 0 Å². The lowest BCUT2D eigenvalue weighted by Crippen LogP contribution is -2.37. The van der Waals surface area contributed by atoms with Crippen LogP contribution in [0, 0.1) is 0 Å². The highest BCUT2D eigenvalue weighted by Crippen LogP contribution is 2.21. The van der Waals surface area contributed by atoms with E-state index in [2.05, 4.69) is 20.8 Å². The fourth-order valence-electron chi connectivity index (χ4n) is 2.63. The number of hydrazone groups is 1. The smallest absolute Gasteiger partial charge is 0.270 e. The van der Waals surface area contributed by atoms with Crippen LogP contribution in [0.3, 0.4) is 0 Å². The topological polar surface area (TPSA) is 92.5 Å². The van der Waals surface area contributed by atoms with E-state index in [0.717, 1.165) is 19.3 Å². The van der Waals surface area contributed by atoms with Crippen molar-refractivity contribution in [3.05, 3.63) is 12.4 Å². The number of hydrogen-bond acceptors (Lipinski definition) is 5. The predicted octanol–water partition coefficient (Wildman–Crippen LogP) is -0.292. The highest BCUT2D eigenvalue weighted by atomic mass is 16.2. The minimum absolute atomic E-state index is 0.0852. The van der Waals surface area contributed by atoms with Gasteiger partial charge in [0.15, 0.2) is 0 Å². The van der Waals surface area contributed by atoms with Crippen LogP contribution in [0.2, 0.25) is 0 Å². The molecule has 0 aromatic carbocycles. The van der Waals surface area contributed by atoms with Crippen molar-refractivity contribution in [3.63, 3.8) is 0 Å². The van der Waals surface area contributed by atoms with Gasteiger partial charge in [0.05, 0.1) is 18.7 Å². The average Bonchev–Trinajstić information content (AvgIpc) is 3.05. The summed E-state index contributed by atoms with van der Waals surface area (Å²) in [5, 5.41) is 11.6. The zero-order valence-corrected chi connectivity index (χ0v) is 11.0. The highest BCUT2D eigenvalue weighted by molar-refractivity contribution is 6.43. The van der Waals surface area contributed by atoms with E-state index in [4.69, 9.17) is 0 Å². The van der Waals surface area contributed by atoms with E-state index in [1.54, 1.807) is 11.1 Å². The summed E-state index contributed by atoms with van der Waals surface area (Å²) < 4.78 is 1.85. The number of nitrogens with zero attached hydrogens (tertiary/aromatic N) is 5. The standard InChI is InChI=1S/C12H16N6O2/c19-11-8-10(14-15-11)12(20)17-5-1-2-9(3-6-17)18-7-4-13-16-18/h4,7,9H,1-3,5-6,8H2,(H,15,19). The summed E-state index contributed by atoms with van der Waals surface area (Å²) >= 11 is 0. The van der Waals surface area contributed by atoms with Crippen LogP contribution in [0.15, 0.2) is 17.5 Å². The Bertz CT molecular complexity index is 538. The van der Waals surface area contributed by atoms with Crippen LogP contribution in [0.4, 0.5) is 0 Å². The fourth-order valence-corrected chi connectivity index (χ4v) is 2.63. The SMILES string of the molecule is O=C1CC(C(=O)N2CCCC(n3ccnn3)CC2)=NN1. The van der Waals surface area contributed by atoms with E-state index in [-0.39, 0.29) is 24.3 Å². The fraction of sp³-hybridized carbons (Fsp3) is 0.583. The molecule has 8 nitrogen and oxygen atoms in total. The zero-order valence-electron chi connectivity index (χ0n) is 11.0. The first-order valence-corrected chi connectivity index (χ1v) is 6.74. The Morgan fingerprint density at radius 2 is 2.25 bits per heavy atom. The second kappa shape index (κ2) is 5.40. The van der Waals surface area contributed by atoms with Crippen LogP contribution in [-0.2, 0) is 9.59 Å². The third-order valence-corrected chi connectivity index (χ3v) is 3.69. The van der Waals surface area contributed by atoms with Crippen LogP contribution in [0.25, 0.3) is 0 Å². The molecule has 0 spiro atoms. The van der Waals surface area contributed by atoms with Crippen LogP contribution in [0.5, 0.6) is 0 Å². The second-order valence-electron chi connectivity index (χ2n) is 5.03. The predicted molar refractivity (Wildman–Crippen MR) is 69.7 cm³/mol. The molecule has 0 saturated carbocycles. The monoisotopic (exact) mass is 276 g/mol. The van der Waals surface area contributed by atoms with Crippen LogP contribution in [-0.4, -0.2) is 50.5 Å². The van der Waals surface area contributed by atoms with E-state index in [1.807, 2.05) is 10.9 Å². The molecule has 0 radical (unpaired) electrons. The van der Waals surface area contributed by atoms with Gasteiger partial charge in [-0.25, -0.2) is 10.1 Å². The summed E-state index contributed by atoms with van der Waals surface area (Å²) in [6, 6.07) is 0.278. The molecule has 1 atom stereocenters. The molecule has 3 rings (SSSR count). The van der Waals surface area contributed by atoms with E-state index in [9.17, 15) is 9.59 Å². The van der Waals surface area contributed by atoms with Gasteiger partial charge in [0.2, 0.25) is 5.91 Å². The van der Waals surface area contributed by atoms with E-state index >= 15 is 0 Å². The number of nitrogens with one attached hydrogen (secondary N) is 1. The molecule has 3 heterocycles. The maximum atomic E-state index is 12.3. The van der Waals surface area contributed by atoms with Crippen molar-refractivity contribution in [3.8, 4) is 0 Å². The number of carbonyl (C=O) groups is 2. The number of amides is 2. The maximum Gasteiger partial charge on any atom is 0.270 e. The zero-order chi connectivity index (χ0) is 13.9. The summed E-state index contributed by atoms with van der Waals surface area (Å²) in [6.07, 6.45) is 6.32.